The fourth-order valence-electron chi connectivity index (χ4n) is 3.85. The minimum atomic E-state index is -0.401. The number of aromatic nitrogens is 3. The Bertz CT molecular complexity index is 1180. The van der Waals surface area contributed by atoms with E-state index in [2.05, 4.69) is 34.6 Å². The zero-order valence-corrected chi connectivity index (χ0v) is 18.3. The molecule has 0 bridgehead atoms. The summed E-state index contributed by atoms with van der Waals surface area (Å²) in [5.74, 6) is -0.186. The second-order valence-corrected chi connectivity index (χ2v) is 8.28. The van der Waals surface area contributed by atoms with Gasteiger partial charge in [0.25, 0.3) is 5.91 Å². The summed E-state index contributed by atoms with van der Waals surface area (Å²) >= 11 is 0. The Morgan fingerprint density at radius 2 is 1.88 bits per heavy atom. The largest absolute Gasteiger partial charge is 0.319 e. The van der Waals surface area contributed by atoms with Crippen molar-refractivity contribution in [1.82, 2.24) is 20.1 Å². The molecule has 0 saturated carbocycles. The van der Waals surface area contributed by atoms with Gasteiger partial charge in [-0.15, -0.1) is 5.10 Å². The first-order valence-electron chi connectivity index (χ1n) is 10.6. The maximum Gasteiger partial charge on any atom is 0.295 e. The van der Waals surface area contributed by atoms with Crippen LogP contribution >= 0.6 is 0 Å². The molecule has 4 rings (SSSR count). The van der Waals surface area contributed by atoms with E-state index in [9.17, 15) is 14.4 Å². The third-order valence-electron chi connectivity index (χ3n) is 5.52. The Labute approximate surface area is 186 Å². The van der Waals surface area contributed by atoms with E-state index in [0.29, 0.717) is 23.9 Å². The van der Waals surface area contributed by atoms with Gasteiger partial charge in [0.1, 0.15) is 5.82 Å². The molecule has 0 radical (unpaired) electrons. The molecule has 8 nitrogen and oxygen atoms in total. The van der Waals surface area contributed by atoms with Crippen molar-refractivity contribution in [2.75, 3.05) is 5.32 Å². The molecule has 3 aromatic rings. The normalized spacial score (nSPS) is 15.8. The average Bonchev–Trinajstić information content (AvgIpc) is 3.30. The van der Waals surface area contributed by atoms with Crippen LogP contribution in [-0.2, 0) is 16.0 Å². The summed E-state index contributed by atoms with van der Waals surface area (Å²) in [4.78, 5) is 40.2. The van der Waals surface area contributed by atoms with Crippen molar-refractivity contribution >= 4 is 23.4 Å². The summed E-state index contributed by atoms with van der Waals surface area (Å²) in [6.07, 6.45) is 0.692. The third-order valence-corrected chi connectivity index (χ3v) is 5.52. The number of carbonyl (C=O) groups excluding carboxylic acids is 3. The van der Waals surface area contributed by atoms with Crippen molar-refractivity contribution in [3.8, 4) is 5.69 Å². The summed E-state index contributed by atoms with van der Waals surface area (Å²) in [6, 6.07) is 15.1. The zero-order chi connectivity index (χ0) is 22.8. The molecule has 164 valence electrons. The van der Waals surface area contributed by atoms with Crippen molar-refractivity contribution in [1.29, 1.82) is 0 Å². The molecule has 2 aromatic carbocycles. The maximum absolute atomic E-state index is 12.7. The Hall–Kier alpha value is -3.81. The number of imide groups is 1. The Balaban J connectivity index is 1.46. The van der Waals surface area contributed by atoms with Gasteiger partial charge < -0.3 is 5.32 Å². The molecular formula is C24H25N5O3. The lowest BCUT2D eigenvalue weighted by molar-refractivity contribution is -0.125. The monoisotopic (exact) mass is 431 g/mol. The molecule has 2 N–H and O–H groups in total. The fourth-order valence-corrected chi connectivity index (χ4v) is 3.85. The number of carbonyl (C=O) groups is 3. The van der Waals surface area contributed by atoms with E-state index in [1.165, 1.54) is 0 Å². The second kappa shape index (κ2) is 8.74. The quantitative estimate of drug-likeness (QED) is 0.583. The van der Waals surface area contributed by atoms with E-state index in [0.717, 1.165) is 16.8 Å². The zero-order valence-electron chi connectivity index (χ0n) is 18.3. The maximum atomic E-state index is 12.7. The molecular weight excluding hydrogens is 406 g/mol. The van der Waals surface area contributed by atoms with Crippen molar-refractivity contribution in [3.63, 3.8) is 0 Å². The lowest BCUT2D eigenvalue weighted by atomic mass is 9.98. The Kier molecular flexibility index (Phi) is 5.85. The first kappa shape index (κ1) is 21.4. The minimum absolute atomic E-state index is 0.0891. The summed E-state index contributed by atoms with van der Waals surface area (Å²) in [7, 11) is 0. The van der Waals surface area contributed by atoms with Crippen LogP contribution in [-0.4, -0.2) is 32.5 Å². The van der Waals surface area contributed by atoms with E-state index in [1.807, 2.05) is 43.3 Å². The molecule has 1 aliphatic rings. The van der Waals surface area contributed by atoms with Gasteiger partial charge in [0.05, 0.1) is 11.6 Å². The lowest BCUT2D eigenvalue weighted by Gasteiger charge is -2.12. The van der Waals surface area contributed by atoms with Crippen molar-refractivity contribution in [2.24, 2.45) is 5.92 Å². The molecule has 3 amide bonds. The van der Waals surface area contributed by atoms with Crippen molar-refractivity contribution in [2.45, 2.75) is 39.5 Å². The number of rotatable bonds is 6. The summed E-state index contributed by atoms with van der Waals surface area (Å²) in [5, 5.41) is 9.57. The van der Waals surface area contributed by atoms with Crippen LogP contribution in [0, 0.1) is 12.8 Å². The highest BCUT2D eigenvalue weighted by Gasteiger charge is 2.30. The molecule has 1 aliphatic heterocycles. The van der Waals surface area contributed by atoms with Gasteiger partial charge in [0.15, 0.2) is 0 Å². The van der Waals surface area contributed by atoms with Gasteiger partial charge in [-0.05, 0) is 48.6 Å². The molecule has 8 heteroatoms. The van der Waals surface area contributed by atoms with Gasteiger partial charge >= 0.3 is 0 Å². The first-order chi connectivity index (χ1) is 15.3. The van der Waals surface area contributed by atoms with Crippen LogP contribution in [0.25, 0.3) is 5.69 Å². The predicted octanol–water partition coefficient (Wildman–Crippen LogP) is 3.16. The van der Waals surface area contributed by atoms with Gasteiger partial charge in [-0.2, -0.15) is 0 Å². The molecule has 1 aromatic heterocycles. The molecule has 1 saturated heterocycles. The van der Waals surface area contributed by atoms with E-state index < -0.39 is 5.91 Å². The van der Waals surface area contributed by atoms with E-state index in [1.54, 1.807) is 16.8 Å². The minimum Gasteiger partial charge on any atom is -0.319 e. The topological polar surface area (TPSA) is 106 Å². The number of nitrogens with zero attached hydrogens (tertiary/aromatic N) is 3. The predicted molar refractivity (Wildman–Crippen MR) is 120 cm³/mol. The van der Waals surface area contributed by atoms with Gasteiger partial charge in [-0.1, -0.05) is 44.2 Å². The van der Waals surface area contributed by atoms with Crippen LogP contribution in [0.1, 0.15) is 53.8 Å². The standard InChI is InChI=1S/C24H25N5O3/c1-14(2)19-6-4-5-7-20(19)29-15(3)25-22(28-29)24(32)26-18-10-8-16(9-11-18)12-17-13-21(30)27-23(17)31/h4-11,14,17H,12-13H2,1-3H3,(H,26,32)(H,27,30,31). The Morgan fingerprint density at radius 3 is 2.53 bits per heavy atom. The van der Waals surface area contributed by atoms with Crippen molar-refractivity contribution < 1.29 is 14.4 Å². The highest BCUT2D eigenvalue weighted by Crippen LogP contribution is 2.23. The van der Waals surface area contributed by atoms with Gasteiger partial charge in [0.2, 0.25) is 17.6 Å². The number of hydrogen-bond acceptors (Lipinski definition) is 5. The van der Waals surface area contributed by atoms with E-state index in [-0.39, 0.29) is 30.0 Å². The molecule has 0 aliphatic carbocycles. The van der Waals surface area contributed by atoms with Crippen LogP contribution in [0.15, 0.2) is 48.5 Å². The van der Waals surface area contributed by atoms with Crippen LogP contribution in [0.5, 0.6) is 0 Å². The fraction of sp³-hybridized carbons (Fsp3) is 0.292. The molecule has 1 unspecified atom stereocenters. The number of nitrogens with one attached hydrogen (secondary N) is 2. The summed E-state index contributed by atoms with van der Waals surface area (Å²) in [5.41, 5.74) is 3.55. The van der Waals surface area contributed by atoms with E-state index >= 15 is 0 Å². The van der Waals surface area contributed by atoms with Crippen molar-refractivity contribution in [3.05, 3.63) is 71.3 Å². The highest BCUT2D eigenvalue weighted by atomic mass is 16.2. The van der Waals surface area contributed by atoms with E-state index in [4.69, 9.17) is 0 Å². The number of benzene rings is 2. The van der Waals surface area contributed by atoms with Crippen LogP contribution < -0.4 is 10.6 Å². The molecule has 2 heterocycles. The second-order valence-electron chi connectivity index (χ2n) is 8.28. The van der Waals surface area contributed by atoms with Crippen LogP contribution in [0.2, 0.25) is 0 Å². The van der Waals surface area contributed by atoms with Crippen LogP contribution in [0.3, 0.4) is 0 Å². The van der Waals surface area contributed by atoms with Gasteiger partial charge in [0, 0.05) is 12.1 Å². The SMILES string of the molecule is Cc1nc(C(=O)Nc2ccc(CC3CC(=O)NC3=O)cc2)nn1-c1ccccc1C(C)C. The summed E-state index contributed by atoms with van der Waals surface area (Å²) in [6.45, 7) is 6.04. The Morgan fingerprint density at radius 1 is 1.16 bits per heavy atom. The number of para-hydroxylation sites is 1. The van der Waals surface area contributed by atoms with Gasteiger partial charge in [-0.25, -0.2) is 9.67 Å². The molecule has 32 heavy (non-hydrogen) atoms. The lowest BCUT2D eigenvalue weighted by Crippen LogP contribution is -2.22. The molecule has 1 atom stereocenters. The number of amides is 3. The number of hydrogen-bond donors (Lipinski definition) is 2. The summed E-state index contributed by atoms with van der Waals surface area (Å²) < 4.78 is 1.70. The molecule has 1 fully saturated rings. The number of anilines is 1. The average molecular weight is 431 g/mol. The number of aryl methyl sites for hydroxylation is 1. The first-order valence-corrected chi connectivity index (χ1v) is 10.6. The smallest absolute Gasteiger partial charge is 0.295 e. The van der Waals surface area contributed by atoms with Gasteiger partial charge in [-0.3, -0.25) is 19.7 Å². The molecule has 0 spiro atoms. The highest BCUT2D eigenvalue weighted by molar-refractivity contribution is 6.03. The van der Waals surface area contributed by atoms with Crippen LogP contribution in [0.4, 0.5) is 5.69 Å². The third kappa shape index (κ3) is 4.44.